The number of fused-ring (bicyclic) bond motifs is 1. The second-order valence-electron chi connectivity index (χ2n) is 5.04. The zero-order chi connectivity index (χ0) is 14.3. The number of nitrogens with one attached hydrogen (secondary N) is 1. The van der Waals surface area contributed by atoms with E-state index in [1.165, 1.54) is 0 Å². The number of nitrogen functional groups attached to an aromatic ring is 1. The van der Waals surface area contributed by atoms with Gasteiger partial charge in [0, 0.05) is 27.8 Å². The van der Waals surface area contributed by atoms with Crippen LogP contribution in [0.3, 0.4) is 0 Å². The van der Waals surface area contributed by atoms with Gasteiger partial charge in [-0.2, -0.15) is 0 Å². The number of aromatic nitrogens is 1. The van der Waals surface area contributed by atoms with Crippen molar-refractivity contribution in [2.45, 2.75) is 13.8 Å². The van der Waals surface area contributed by atoms with Crippen LogP contribution in [0.15, 0.2) is 42.5 Å². The van der Waals surface area contributed by atoms with Gasteiger partial charge in [0.1, 0.15) is 0 Å². The molecule has 0 atom stereocenters. The minimum absolute atomic E-state index is 0.0180. The maximum Gasteiger partial charge on any atom is 0.197 e. The number of para-hydroxylation sites is 1. The molecule has 1 aromatic heterocycles. The Morgan fingerprint density at radius 1 is 1.00 bits per heavy atom. The SMILES string of the molecule is Cc1cccc(N)c1C(=O)c1c(C)[nH]c2ccccc12. The molecule has 1 heterocycles. The Kier molecular flexibility index (Phi) is 2.83. The predicted molar refractivity (Wildman–Crippen MR) is 82.1 cm³/mol. The molecule has 3 heteroatoms. The van der Waals surface area contributed by atoms with Crippen molar-refractivity contribution in [2.24, 2.45) is 0 Å². The first-order chi connectivity index (χ1) is 9.59. The third-order valence-corrected chi connectivity index (χ3v) is 3.65. The highest BCUT2D eigenvalue weighted by molar-refractivity contribution is 6.20. The molecule has 3 rings (SSSR count). The van der Waals surface area contributed by atoms with E-state index in [4.69, 9.17) is 5.73 Å². The molecule has 2 aromatic carbocycles. The Hall–Kier alpha value is -2.55. The first-order valence-corrected chi connectivity index (χ1v) is 6.56. The summed E-state index contributed by atoms with van der Waals surface area (Å²) < 4.78 is 0. The Morgan fingerprint density at radius 2 is 1.75 bits per heavy atom. The van der Waals surface area contributed by atoms with E-state index in [-0.39, 0.29) is 5.78 Å². The summed E-state index contributed by atoms with van der Waals surface area (Å²) in [7, 11) is 0. The third-order valence-electron chi connectivity index (χ3n) is 3.65. The van der Waals surface area contributed by atoms with E-state index in [1.807, 2.05) is 50.2 Å². The average Bonchev–Trinajstić information content (AvgIpc) is 2.74. The van der Waals surface area contributed by atoms with Gasteiger partial charge in [-0.15, -0.1) is 0 Å². The van der Waals surface area contributed by atoms with Crippen molar-refractivity contribution < 1.29 is 4.79 Å². The lowest BCUT2D eigenvalue weighted by atomic mass is 9.95. The highest BCUT2D eigenvalue weighted by Crippen LogP contribution is 2.27. The number of hydrogen-bond donors (Lipinski definition) is 2. The third kappa shape index (κ3) is 1.79. The second-order valence-corrected chi connectivity index (χ2v) is 5.04. The molecule has 0 aliphatic carbocycles. The number of benzene rings is 2. The van der Waals surface area contributed by atoms with E-state index < -0.39 is 0 Å². The van der Waals surface area contributed by atoms with Crippen LogP contribution in [0, 0.1) is 13.8 Å². The smallest absolute Gasteiger partial charge is 0.197 e. The number of anilines is 1. The number of hydrogen-bond acceptors (Lipinski definition) is 2. The lowest BCUT2D eigenvalue weighted by molar-refractivity contribution is 0.104. The number of rotatable bonds is 2. The number of aryl methyl sites for hydroxylation is 2. The molecule has 0 radical (unpaired) electrons. The van der Waals surface area contributed by atoms with Crippen molar-refractivity contribution in [1.29, 1.82) is 0 Å². The molecule has 3 nitrogen and oxygen atoms in total. The van der Waals surface area contributed by atoms with Crippen LogP contribution in [0.2, 0.25) is 0 Å². The molecule has 0 saturated carbocycles. The molecule has 0 spiro atoms. The van der Waals surface area contributed by atoms with Gasteiger partial charge in [0.25, 0.3) is 0 Å². The summed E-state index contributed by atoms with van der Waals surface area (Å²) >= 11 is 0. The van der Waals surface area contributed by atoms with Gasteiger partial charge >= 0.3 is 0 Å². The van der Waals surface area contributed by atoms with Crippen LogP contribution in [-0.4, -0.2) is 10.8 Å². The molecule has 100 valence electrons. The highest BCUT2D eigenvalue weighted by Gasteiger charge is 2.20. The lowest BCUT2D eigenvalue weighted by Crippen LogP contribution is -2.08. The van der Waals surface area contributed by atoms with E-state index in [0.717, 1.165) is 22.2 Å². The van der Waals surface area contributed by atoms with Gasteiger partial charge in [0.2, 0.25) is 0 Å². The molecule has 0 aliphatic rings. The van der Waals surface area contributed by atoms with Gasteiger partial charge in [-0.3, -0.25) is 4.79 Å². The molecule has 20 heavy (non-hydrogen) atoms. The zero-order valence-electron chi connectivity index (χ0n) is 11.5. The van der Waals surface area contributed by atoms with Crippen LogP contribution in [0.1, 0.15) is 27.2 Å². The molecule has 0 aliphatic heterocycles. The summed E-state index contributed by atoms with van der Waals surface area (Å²) in [6, 6.07) is 13.4. The molecule has 3 aromatic rings. The number of carbonyl (C=O) groups excluding carboxylic acids is 1. The fraction of sp³-hybridized carbons (Fsp3) is 0.118. The van der Waals surface area contributed by atoms with E-state index in [1.54, 1.807) is 6.07 Å². The second kappa shape index (κ2) is 4.53. The lowest BCUT2D eigenvalue weighted by Gasteiger charge is -2.08. The Morgan fingerprint density at radius 3 is 2.50 bits per heavy atom. The monoisotopic (exact) mass is 264 g/mol. The van der Waals surface area contributed by atoms with Crippen LogP contribution in [-0.2, 0) is 0 Å². The molecule has 0 saturated heterocycles. The fourth-order valence-corrected chi connectivity index (χ4v) is 2.69. The molecule has 3 N–H and O–H groups in total. The minimum atomic E-state index is -0.0180. The number of nitrogens with two attached hydrogens (primary N) is 1. The molecular formula is C17H16N2O. The predicted octanol–water partition coefficient (Wildman–Crippen LogP) is 3.60. The van der Waals surface area contributed by atoms with Crippen molar-refractivity contribution in [1.82, 2.24) is 4.98 Å². The topological polar surface area (TPSA) is 58.9 Å². The van der Waals surface area contributed by atoms with Crippen molar-refractivity contribution >= 4 is 22.4 Å². The van der Waals surface area contributed by atoms with Gasteiger partial charge in [0.15, 0.2) is 5.78 Å². The highest BCUT2D eigenvalue weighted by atomic mass is 16.1. The largest absolute Gasteiger partial charge is 0.398 e. The minimum Gasteiger partial charge on any atom is -0.398 e. The summed E-state index contributed by atoms with van der Waals surface area (Å²) in [5, 5.41) is 0.942. The molecule has 0 unspecified atom stereocenters. The fourth-order valence-electron chi connectivity index (χ4n) is 2.69. The summed E-state index contributed by atoms with van der Waals surface area (Å²) in [4.78, 5) is 16.1. The Bertz CT molecular complexity index is 795. The van der Waals surface area contributed by atoms with Crippen molar-refractivity contribution in [3.05, 3.63) is 64.8 Å². The van der Waals surface area contributed by atoms with E-state index in [9.17, 15) is 4.79 Å². The number of carbonyl (C=O) groups is 1. The summed E-state index contributed by atoms with van der Waals surface area (Å²) in [6.45, 7) is 3.83. The van der Waals surface area contributed by atoms with Gasteiger partial charge in [-0.25, -0.2) is 0 Å². The molecule has 0 fully saturated rings. The number of H-pyrrole nitrogens is 1. The maximum atomic E-state index is 12.9. The van der Waals surface area contributed by atoms with Crippen molar-refractivity contribution in [3.63, 3.8) is 0 Å². The molecule has 0 bridgehead atoms. The van der Waals surface area contributed by atoms with Crippen LogP contribution in [0.5, 0.6) is 0 Å². The Labute approximate surface area is 117 Å². The van der Waals surface area contributed by atoms with E-state index >= 15 is 0 Å². The van der Waals surface area contributed by atoms with E-state index in [0.29, 0.717) is 16.8 Å². The summed E-state index contributed by atoms with van der Waals surface area (Å²) in [6.07, 6.45) is 0. The zero-order valence-corrected chi connectivity index (χ0v) is 11.5. The first-order valence-electron chi connectivity index (χ1n) is 6.56. The van der Waals surface area contributed by atoms with Gasteiger partial charge in [-0.05, 0) is 31.5 Å². The van der Waals surface area contributed by atoms with Crippen LogP contribution in [0.4, 0.5) is 5.69 Å². The average molecular weight is 264 g/mol. The molecular weight excluding hydrogens is 248 g/mol. The summed E-state index contributed by atoms with van der Waals surface area (Å²) in [5.41, 5.74) is 10.6. The van der Waals surface area contributed by atoms with Gasteiger partial charge < -0.3 is 10.7 Å². The quantitative estimate of drug-likeness (QED) is 0.549. The Balaban J connectivity index is 2.26. The van der Waals surface area contributed by atoms with Crippen LogP contribution < -0.4 is 5.73 Å². The molecule has 0 amide bonds. The van der Waals surface area contributed by atoms with E-state index in [2.05, 4.69) is 4.98 Å². The first kappa shape index (κ1) is 12.5. The number of aromatic amines is 1. The summed E-state index contributed by atoms with van der Waals surface area (Å²) in [5.74, 6) is -0.0180. The maximum absolute atomic E-state index is 12.9. The van der Waals surface area contributed by atoms with Crippen molar-refractivity contribution in [3.8, 4) is 0 Å². The number of ketones is 1. The van der Waals surface area contributed by atoms with Gasteiger partial charge in [-0.1, -0.05) is 30.3 Å². The normalized spacial score (nSPS) is 10.9. The standard InChI is InChI=1S/C17H16N2O/c1-10-6-5-8-13(18)15(10)17(20)16-11(2)19-14-9-4-3-7-12(14)16/h3-9,19H,18H2,1-2H3. The van der Waals surface area contributed by atoms with Crippen LogP contribution in [0.25, 0.3) is 10.9 Å². The van der Waals surface area contributed by atoms with Crippen LogP contribution >= 0.6 is 0 Å². The van der Waals surface area contributed by atoms with Gasteiger partial charge in [0.05, 0.1) is 5.56 Å². The van der Waals surface area contributed by atoms with Crippen molar-refractivity contribution in [2.75, 3.05) is 5.73 Å².